The summed E-state index contributed by atoms with van der Waals surface area (Å²) in [6, 6.07) is 0. The van der Waals surface area contributed by atoms with E-state index in [4.69, 9.17) is 5.11 Å². The van der Waals surface area contributed by atoms with Crippen LogP contribution in [0.2, 0.25) is 0 Å². The number of aliphatic carboxylic acids is 1. The smallest absolute Gasteiger partial charge is 0.308 e. The molecule has 4 unspecified atom stereocenters. The van der Waals surface area contributed by atoms with Crippen molar-refractivity contribution in [3.8, 4) is 0 Å². The van der Waals surface area contributed by atoms with Crippen molar-refractivity contribution in [2.75, 3.05) is 13.1 Å². The maximum atomic E-state index is 11.7. The first-order valence-corrected chi connectivity index (χ1v) is 6.64. The van der Waals surface area contributed by atoms with Crippen LogP contribution >= 0.6 is 0 Å². The van der Waals surface area contributed by atoms with Gasteiger partial charge >= 0.3 is 5.97 Å². The minimum Gasteiger partial charge on any atom is -0.481 e. The average Bonchev–Trinajstić information content (AvgIpc) is 2.95. The number of rotatable bonds is 3. The molecule has 4 atom stereocenters. The molecule has 0 aromatic heterocycles. The molecule has 0 radical (unpaired) electrons. The molecule has 1 aliphatic heterocycles. The second kappa shape index (κ2) is 4.00. The van der Waals surface area contributed by atoms with Crippen LogP contribution in [0.25, 0.3) is 0 Å². The summed E-state index contributed by atoms with van der Waals surface area (Å²) in [6.45, 7) is 1.24. The lowest BCUT2D eigenvalue weighted by molar-refractivity contribution is -0.141. The Hall–Kier alpha value is -1.06. The molecule has 2 bridgehead atoms. The molecule has 0 aromatic carbocycles. The lowest BCUT2D eigenvalue weighted by Gasteiger charge is -2.27. The summed E-state index contributed by atoms with van der Waals surface area (Å²) < 4.78 is 0. The molecule has 4 heteroatoms. The van der Waals surface area contributed by atoms with Crippen LogP contribution in [0.5, 0.6) is 0 Å². The Kier molecular flexibility index (Phi) is 2.60. The van der Waals surface area contributed by atoms with Crippen LogP contribution in [0.15, 0.2) is 0 Å². The van der Waals surface area contributed by atoms with E-state index in [1.807, 2.05) is 0 Å². The molecule has 1 saturated heterocycles. The fourth-order valence-electron chi connectivity index (χ4n) is 4.00. The normalized spacial score (nSPS) is 40.2. The summed E-state index contributed by atoms with van der Waals surface area (Å²) >= 11 is 0. The maximum Gasteiger partial charge on any atom is 0.308 e. The van der Waals surface area contributed by atoms with Gasteiger partial charge in [0.05, 0.1) is 5.92 Å². The molecular formula is C13H19NO3. The Morgan fingerprint density at radius 1 is 1.35 bits per heavy atom. The summed E-state index contributed by atoms with van der Waals surface area (Å²) in [5.41, 5.74) is 0. The third-order valence-corrected chi connectivity index (χ3v) is 4.90. The van der Waals surface area contributed by atoms with Crippen molar-refractivity contribution < 1.29 is 14.7 Å². The first kappa shape index (κ1) is 11.1. The Labute approximate surface area is 101 Å². The minimum atomic E-state index is -0.825. The molecule has 3 rings (SSSR count). The van der Waals surface area contributed by atoms with Crippen LogP contribution in [-0.2, 0) is 9.59 Å². The van der Waals surface area contributed by atoms with Gasteiger partial charge in [0.2, 0.25) is 5.91 Å². The van der Waals surface area contributed by atoms with Gasteiger partial charge in [0.15, 0.2) is 0 Å². The van der Waals surface area contributed by atoms with Crippen molar-refractivity contribution in [1.29, 1.82) is 0 Å². The molecule has 1 heterocycles. The molecule has 0 spiro atoms. The largest absolute Gasteiger partial charge is 0.481 e. The zero-order valence-electron chi connectivity index (χ0n) is 9.97. The van der Waals surface area contributed by atoms with Gasteiger partial charge in [-0.05, 0) is 37.0 Å². The maximum absolute atomic E-state index is 11.7. The number of carbonyl (C=O) groups excluding carboxylic acids is 1. The lowest BCUT2D eigenvalue weighted by atomic mass is 9.88. The number of carboxylic acids is 1. The van der Waals surface area contributed by atoms with E-state index in [0.29, 0.717) is 12.5 Å². The summed E-state index contributed by atoms with van der Waals surface area (Å²) in [6.07, 6.45) is 5.49. The SMILES string of the molecule is O=C(O)C1CC(=O)N(CC2CC3CCC2C3)C1. The number of nitrogens with zero attached hydrogens (tertiary/aromatic N) is 1. The molecule has 2 saturated carbocycles. The van der Waals surface area contributed by atoms with Gasteiger partial charge < -0.3 is 10.0 Å². The quantitative estimate of drug-likeness (QED) is 0.806. The Bertz CT molecular complexity index is 355. The van der Waals surface area contributed by atoms with E-state index < -0.39 is 11.9 Å². The highest BCUT2D eigenvalue weighted by Gasteiger charge is 2.42. The second-order valence-electron chi connectivity index (χ2n) is 5.97. The topological polar surface area (TPSA) is 57.6 Å². The molecule has 3 aliphatic rings. The van der Waals surface area contributed by atoms with Gasteiger partial charge in [-0.2, -0.15) is 0 Å². The average molecular weight is 237 g/mol. The number of fused-ring (bicyclic) bond motifs is 2. The number of amides is 1. The first-order valence-electron chi connectivity index (χ1n) is 6.64. The third-order valence-electron chi connectivity index (χ3n) is 4.90. The van der Waals surface area contributed by atoms with Gasteiger partial charge in [-0.15, -0.1) is 0 Å². The number of carboxylic acid groups (broad SMARTS) is 1. The van der Waals surface area contributed by atoms with Crippen LogP contribution in [0.1, 0.15) is 32.1 Å². The number of carbonyl (C=O) groups is 2. The fraction of sp³-hybridized carbons (Fsp3) is 0.846. The van der Waals surface area contributed by atoms with Gasteiger partial charge in [0.25, 0.3) is 0 Å². The summed E-state index contributed by atoms with van der Waals surface area (Å²) in [4.78, 5) is 24.4. The zero-order chi connectivity index (χ0) is 12.0. The van der Waals surface area contributed by atoms with Crippen molar-refractivity contribution in [1.82, 2.24) is 4.90 Å². The predicted octanol–water partition coefficient (Wildman–Crippen LogP) is 1.36. The Morgan fingerprint density at radius 3 is 2.71 bits per heavy atom. The van der Waals surface area contributed by atoms with Gasteiger partial charge in [-0.25, -0.2) is 0 Å². The van der Waals surface area contributed by atoms with E-state index in [1.165, 1.54) is 25.7 Å². The monoisotopic (exact) mass is 237 g/mol. The number of likely N-dealkylation sites (tertiary alicyclic amines) is 1. The highest BCUT2D eigenvalue weighted by molar-refractivity contribution is 5.86. The molecule has 94 valence electrons. The zero-order valence-corrected chi connectivity index (χ0v) is 9.97. The summed E-state index contributed by atoms with van der Waals surface area (Å²) in [5.74, 6) is 1.08. The summed E-state index contributed by atoms with van der Waals surface area (Å²) in [5, 5.41) is 8.94. The van der Waals surface area contributed by atoms with Gasteiger partial charge in [0, 0.05) is 19.5 Å². The minimum absolute atomic E-state index is 0.0418. The molecular weight excluding hydrogens is 218 g/mol. The van der Waals surface area contributed by atoms with Gasteiger partial charge in [0.1, 0.15) is 0 Å². The molecule has 2 aliphatic carbocycles. The van der Waals surface area contributed by atoms with Crippen molar-refractivity contribution in [2.24, 2.45) is 23.7 Å². The van der Waals surface area contributed by atoms with E-state index in [9.17, 15) is 9.59 Å². The van der Waals surface area contributed by atoms with Crippen LogP contribution in [0.3, 0.4) is 0 Å². The predicted molar refractivity (Wildman–Crippen MR) is 61.3 cm³/mol. The fourth-order valence-corrected chi connectivity index (χ4v) is 4.00. The Balaban J connectivity index is 1.59. The standard InChI is InChI=1S/C13H19NO3/c15-12-5-11(13(16)17)7-14(12)6-10-4-8-1-2-9(10)3-8/h8-11H,1-7H2,(H,16,17). The highest BCUT2D eigenvalue weighted by Crippen LogP contribution is 2.48. The van der Waals surface area contributed by atoms with Gasteiger partial charge in [-0.1, -0.05) is 6.42 Å². The first-order chi connectivity index (χ1) is 8.13. The van der Waals surface area contributed by atoms with E-state index >= 15 is 0 Å². The van der Waals surface area contributed by atoms with Crippen molar-refractivity contribution in [3.05, 3.63) is 0 Å². The molecule has 1 N–H and O–H groups in total. The van der Waals surface area contributed by atoms with Crippen molar-refractivity contribution in [3.63, 3.8) is 0 Å². The van der Waals surface area contributed by atoms with Crippen LogP contribution in [0, 0.1) is 23.7 Å². The number of hydrogen-bond acceptors (Lipinski definition) is 2. The van der Waals surface area contributed by atoms with Crippen LogP contribution in [0.4, 0.5) is 0 Å². The van der Waals surface area contributed by atoms with Crippen LogP contribution < -0.4 is 0 Å². The van der Waals surface area contributed by atoms with Crippen molar-refractivity contribution in [2.45, 2.75) is 32.1 Å². The molecule has 3 fully saturated rings. The van der Waals surface area contributed by atoms with Crippen LogP contribution in [-0.4, -0.2) is 35.0 Å². The molecule has 4 nitrogen and oxygen atoms in total. The van der Waals surface area contributed by atoms with E-state index in [1.54, 1.807) is 4.90 Å². The molecule has 0 aromatic rings. The third kappa shape index (κ3) is 1.94. The molecule has 17 heavy (non-hydrogen) atoms. The van der Waals surface area contributed by atoms with Crippen molar-refractivity contribution >= 4 is 11.9 Å². The molecule has 1 amide bonds. The van der Waals surface area contributed by atoms with E-state index in [0.717, 1.165) is 18.4 Å². The van der Waals surface area contributed by atoms with E-state index in [2.05, 4.69) is 0 Å². The Morgan fingerprint density at radius 2 is 2.18 bits per heavy atom. The highest BCUT2D eigenvalue weighted by atomic mass is 16.4. The summed E-state index contributed by atoms with van der Waals surface area (Å²) in [7, 11) is 0. The lowest BCUT2D eigenvalue weighted by Crippen LogP contribution is -2.33. The van der Waals surface area contributed by atoms with E-state index in [-0.39, 0.29) is 12.3 Å². The second-order valence-corrected chi connectivity index (χ2v) is 5.97. The number of hydrogen-bond donors (Lipinski definition) is 1. The van der Waals surface area contributed by atoms with Gasteiger partial charge in [-0.3, -0.25) is 9.59 Å².